The molecule has 2 heterocycles. The Morgan fingerprint density at radius 2 is 2.30 bits per heavy atom. The Hall–Kier alpha value is -1.65. The van der Waals surface area contributed by atoms with Crippen molar-refractivity contribution in [1.29, 1.82) is 0 Å². The number of hydrogen-bond acceptors (Lipinski definition) is 2. The smallest absolute Gasteiger partial charge is 0.123 e. The molecule has 2 unspecified atom stereocenters. The number of nitrogens with one attached hydrogen (secondary N) is 1. The molecule has 0 bridgehead atoms. The Balaban J connectivity index is 2.25. The van der Waals surface area contributed by atoms with Gasteiger partial charge in [0.25, 0.3) is 0 Å². The van der Waals surface area contributed by atoms with Gasteiger partial charge < -0.3 is 15.0 Å². The van der Waals surface area contributed by atoms with E-state index in [0.717, 1.165) is 35.1 Å². The number of hydrogen-bond donors (Lipinski definition) is 2. The maximum Gasteiger partial charge on any atom is 0.123 e. The minimum Gasteiger partial charge on any atom is -0.390 e. The van der Waals surface area contributed by atoms with Gasteiger partial charge in [-0.1, -0.05) is 6.58 Å². The van der Waals surface area contributed by atoms with Crippen molar-refractivity contribution in [2.24, 2.45) is 0 Å². The number of β-amino-alcohol motifs (C(OH)–C–C–N with tert-alkyl or cyclic N) is 1. The van der Waals surface area contributed by atoms with Crippen LogP contribution in [0.25, 0.3) is 17.0 Å². The van der Waals surface area contributed by atoms with E-state index in [2.05, 4.69) is 16.5 Å². The summed E-state index contributed by atoms with van der Waals surface area (Å²) in [6.07, 6.45) is 2.20. The lowest BCUT2D eigenvalue weighted by atomic mass is 10.0. The first-order chi connectivity index (χ1) is 9.63. The number of benzene rings is 1. The van der Waals surface area contributed by atoms with E-state index >= 15 is 0 Å². The zero-order valence-electron chi connectivity index (χ0n) is 11.6. The van der Waals surface area contributed by atoms with Gasteiger partial charge in [0.05, 0.1) is 12.1 Å². The van der Waals surface area contributed by atoms with Crippen molar-refractivity contribution in [2.75, 3.05) is 13.1 Å². The molecular formula is C16H19FN2O. The summed E-state index contributed by atoms with van der Waals surface area (Å²) >= 11 is 0. The number of rotatable bonds is 2. The third kappa shape index (κ3) is 1.96. The van der Waals surface area contributed by atoms with Gasteiger partial charge in [0, 0.05) is 23.1 Å². The van der Waals surface area contributed by atoms with E-state index in [1.54, 1.807) is 18.2 Å². The number of piperidine rings is 1. The third-order valence-corrected chi connectivity index (χ3v) is 4.21. The quantitative estimate of drug-likeness (QED) is 0.883. The Morgan fingerprint density at radius 1 is 1.50 bits per heavy atom. The Bertz CT molecular complexity index is 662. The van der Waals surface area contributed by atoms with Crippen LogP contribution < -0.4 is 5.32 Å². The van der Waals surface area contributed by atoms with E-state index in [4.69, 9.17) is 0 Å². The molecular weight excluding hydrogens is 255 g/mol. The van der Waals surface area contributed by atoms with Crippen LogP contribution in [0, 0.1) is 12.7 Å². The summed E-state index contributed by atoms with van der Waals surface area (Å²) in [5, 5.41) is 14.4. The highest BCUT2D eigenvalue weighted by atomic mass is 19.1. The van der Waals surface area contributed by atoms with Crippen LogP contribution in [0.15, 0.2) is 24.8 Å². The van der Waals surface area contributed by atoms with E-state index in [1.165, 1.54) is 6.07 Å². The second kappa shape index (κ2) is 5.04. The zero-order chi connectivity index (χ0) is 14.3. The molecule has 2 N–H and O–H groups in total. The first kappa shape index (κ1) is 13.3. The third-order valence-electron chi connectivity index (χ3n) is 4.21. The molecule has 1 fully saturated rings. The van der Waals surface area contributed by atoms with Crippen molar-refractivity contribution < 1.29 is 9.50 Å². The van der Waals surface area contributed by atoms with Gasteiger partial charge in [-0.3, -0.25) is 0 Å². The summed E-state index contributed by atoms with van der Waals surface area (Å²) in [5.41, 5.74) is 2.95. The summed E-state index contributed by atoms with van der Waals surface area (Å²) in [5.74, 6) is -0.237. The van der Waals surface area contributed by atoms with Gasteiger partial charge in [-0.25, -0.2) is 4.39 Å². The van der Waals surface area contributed by atoms with Gasteiger partial charge in [0.1, 0.15) is 5.82 Å². The summed E-state index contributed by atoms with van der Waals surface area (Å²) in [4.78, 5) is 0. The molecule has 3 rings (SSSR count). The summed E-state index contributed by atoms with van der Waals surface area (Å²) < 4.78 is 15.6. The van der Waals surface area contributed by atoms with Crippen LogP contribution in [0.2, 0.25) is 0 Å². The maximum atomic E-state index is 13.5. The van der Waals surface area contributed by atoms with Crippen LogP contribution in [0.1, 0.15) is 23.7 Å². The lowest BCUT2D eigenvalue weighted by Gasteiger charge is -2.31. The van der Waals surface area contributed by atoms with Gasteiger partial charge in [0.2, 0.25) is 0 Å². The number of halogens is 1. The highest BCUT2D eigenvalue weighted by Gasteiger charge is 2.28. The van der Waals surface area contributed by atoms with Crippen LogP contribution in [0.3, 0.4) is 0 Å². The van der Waals surface area contributed by atoms with E-state index in [9.17, 15) is 9.50 Å². The Morgan fingerprint density at radius 3 is 3.00 bits per heavy atom. The molecule has 0 aliphatic carbocycles. The standard InChI is InChI=1S/C16H19FN2O/c1-3-13-10(2)12-8-11(17)4-5-14(12)19(13)15-6-7-18-9-16(15)20/h3-5,8,15-16,18,20H,1,6-7,9H2,2H3. The number of fused-ring (bicyclic) bond motifs is 1. The van der Waals surface area contributed by atoms with Crippen LogP contribution >= 0.6 is 0 Å². The molecule has 0 spiro atoms. The van der Waals surface area contributed by atoms with Crippen LogP contribution in [0.5, 0.6) is 0 Å². The second-order valence-corrected chi connectivity index (χ2v) is 5.37. The van der Waals surface area contributed by atoms with E-state index in [0.29, 0.717) is 6.54 Å². The Labute approximate surface area is 117 Å². The fourth-order valence-corrected chi connectivity index (χ4v) is 3.21. The van der Waals surface area contributed by atoms with Crippen molar-refractivity contribution in [3.8, 4) is 0 Å². The topological polar surface area (TPSA) is 37.2 Å². The van der Waals surface area contributed by atoms with Crippen molar-refractivity contribution >= 4 is 17.0 Å². The number of aliphatic hydroxyl groups excluding tert-OH is 1. The van der Waals surface area contributed by atoms with Gasteiger partial charge in [0.15, 0.2) is 0 Å². The molecule has 3 nitrogen and oxygen atoms in total. The summed E-state index contributed by atoms with van der Waals surface area (Å²) in [6, 6.07) is 4.82. The average Bonchev–Trinajstić information content (AvgIpc) is 2.72. The zero-order valence-corrected chi connectivity index (χ0v) is 11.6. The highest BCUT2D eigenvalue weighted by Crippen LogP contribution is 2.33. The molecule has 4 heteroatoms. The molecule has 2 atom stereocenters. The van der Waals surface area contributed by atoms with Gasteiger partial charge in [-0.2, -0.15) is 0 Å². The SMILES string of the molecule is C=Cc1c(C)c2cc(F)ccc2n1C1CCNCC1O. The van der Waals surface area contributed by atoms with Crippen molar-refractivity contribution in [3.63, 3.8) is 0 Å². The van der Waals surface area contributed by atoms with Gasteiger partial charge in [-0.05, 0) is 49.7 Å². The van der Waals surface area contributed by atoms with Crippen LogP contribution in [-0.2, 0) is 0 Å². The molecule has 20 heavy (non-hydrogen) atoms. The number of nitrogens with zero attached hydrogens (tertiary/aromatic N) is 1. The molecule has 1 aliphatic rings. The van der Waals surface area contributed by atoms with E-state index in [-0.39, 0.29) is 11.9 Å². The lowest BCUT2D eigenvalue weighted by molar-refractivity contribution is 0.0891. The minimum absolute atomic E-state index is 0.00547. The molecule has 106 valence electrons. The lowest BCUT2D eigenvalue weighted by Crippen LogP contribution is -2.41. The molecule has 1 saturated heterocycles. The van der Waals surface area contributed by atoms with Crippen molar-refractivity contribution in [2.45, 2.75) is 25.5 Å². The first-order valence-corrected chi connectivity index (χ1v) is 6.94. The fourth-order valence-electron chi connectivity index (χ4n) is 3.21. The molecule has 1 aromatic heterocycles. The molecule has 1 aromatic carbocycles. The van der Waals surface area contributed by atoms with Crippen LogP contribution in [0.4, 0.5) is 4.39 Å². The van der Waals surface area contributed by atoms with Crippen molar-refractivity contribution in [3.05, 3.63) is 41.9 Å². The average molecular weight is 274 g/mol. The predicted molar refractivity (Wildman–Crippen MR) is 79.3 cm³/mol. The summed E-state index contributed by atoms with van der Waals surface area (Å²) in [6.45, 7) is 7.31. The number of aromatic nitrogens is 1. The molecule has 2 aromatic rings. The highest BCUT2D eigenvalue weighted by molar-refractivity contribution is 5.88. The molecule has 0 saturated carbocycles. The molecule has 1 aliphatic heterocycles. The molecule has 0 radical (unpaired) electrons. The van der Waals surface area contributed by atoms with Crippen molar-refractivity contribution in [1.82, 2.24) is 9.88 Å². The number of aliphatic hydroxyl groups is 1. The maximum absolute atomic E-state index is 13.5. The second-order valence-electron chi connectivity index (χ2n) is 5.37. The first-order valence-electron chi connectivity index (χ1n) is 6.94. The Kier molecular flexibility index (Phi) is 3.36. The minimum atomic E-state index is -0.442. The van der Waals surface area contributed by atoms with Gasteiger partial charge >= 0.3 is 0 Å². The normalized spacial score (nSPS) is 23.1. The molecule has 0 amide bonds. The number of aryl methyl sites for hydroxylation is 1. The predicted octanol–water partition coefficient (Wildman–Crippen LogP) is 2.63. The largest absolute Gasteiger partial charge is 0.390 e. The van der Waals surface area contributed by atoms with E-state index < -0.39 is 6.10 Å². The summed E-state index contributed by atoms with van der Waals surface area (Å²) in [7, 11) is 0. The van der Waals surface area contributed by atoms with Crippen LogP contribution in [-0.4, -0.2) is 28.9 Å². The fraction of sp³-hybridized carbons (Fsp3) is 0.375. The van der Waals surface area contributed by atoms with Gasteiger partial charge in [-0.15, -0.1) is 0 Å². The monoisotopic (exact) mass is 274 g/mol. The van der Waals surface area contributed by atoms with E-state index in [1.807, 2.05) is 6.92 Å².